The molecule has 1 N–H and O–H groups in total. The van der Waals surface area contributed by atoms with Gasteiger partial charge in [0.05, 0.1) is 5.57 Å². The molecule has 2 rings (SSSR count). The van der Waals surface area contributed by atoms with Crippen molar-refractivity contribution in [3.05, 3.63) is 23.0 Å². The molecule has 1 saturated carbocycles. The fourth-order valence-electron chi connectivity index (χ4n) is 3.10. The Morgan fingerprint density at radius 1 is 1.11 bits per heavy atom. The predicted molar refractivity (Wildman–Crippen MR) is 69.6 cm³/mol. The summed E-state index contributed by atoms with van der Waals surface area (Å²) in [5.74, 6) is -1.32. The Balaban J connectivity index is 2.61. The van der Waals surface area contributed by atoms with Gasteiger partial charge in [-0.2, -0.15) is 0 Å². The maximum Gasteiger partial charge on any atom is 0.223 e. The summed E-state index contributed by atoms with van der Waals surface area (Å²) in [4.78, 5) is 35.8. The molecule has 0 saturated heterocycles. The zero-order chi connectivity index (χ0) is 14.6. The number of hydrogen-bond acceptors (Lipinski definition) is 4. The number of carbonyl (C=O) groups excluding carboxylic acids is 3. The van der Waals surface area contributed by atoms with E-state index >= 15 is 0 Å². The van der Waals surface area contributed by atoms with Crippen molar-refractivity contribution in [2.75, 3.05) is 0 Å². The Hall–Kier alpha value is -1.71. The largest absolute Gasteiger partial charge is 0.504 e. The first-order valence-electron chi connectivity index (χ1n) is 6.33. The lowest BCUT2D eigenvalue weighted by Gasteiger charge is -2.39. The monoisotopic (exact) mass is 262 g/mol. The van der Waals surface area contributed by atoms with Gasteiger partial charge in [-0.25, -0.2) is 0 Å². The van der Waals surface area contributed by atoms with Gasteiger partial charge in [0, 0.05) is 23.8 Å². The van der Waals surface area contributed by atoms with Gasteiger partial charge in [-0.3, -0.25) is 14.4 Å². The van der Waals surface area contributed by atoms with E-state index < -0.39 is 22.4 Å². The van der Waals surface area contributed by atoms with Crippen LogP contribution in [-0.4, -0.2) is 22.5 Å². The van der Waals surface area contributed by atoms with E-state index in [0.717, 1.165) is 0 Å². The molecule has 0 radical (unpaired) electrons. The third-order valence-corrected chi connectivity index (χ3v) is 4.64. The van der Waals surface area contributed by atoms with Crippen molar-refractivity contribution in [3.63, 3.8) is 0 Å². The van der Waals surface area contributed by atoms with Crippen LogP contribution in [0.2, 0.25) is 0 Å². The number of rotatable bonds is 1. The molecule has 4 heteroatoms. The number of aliphatic hydroxyl groups excluding tert-OH is 1. The van der Waals surface area contributed by atoms with Gasteiger partial charge >= 0.3 is 0 Å². The number of aliphatic hydroxyl groups is 1. The van der Waals surface area contributed by atoms with E-state index in [1.165, 1.54) is 13.0 Å². The van der Waals surface area contributed by atoms with Gasteiger partial charge in [0.2, 0.25) is 5.78 Å². The van der Waals surface area contributed by atoms with E-state index in [-0.39, 0.29) is 29.1 Å². The van der Waals surface area contributed by atoms with Crippen LogP contribution in [0, 0.1) is 10.8 Å². The van der Waals surface area contributed by atoms with Crippen molar-refractivity contribution in [1.82, 2.24) is 0 Å². The van der Waals surface area contributed by atoms with Crippen LogP contribution in [-0.2, 0) is 14.4 Å². The van der Waals surface area contributed by atoms with E-state index in [1.807, 2.05) is 13.8 Å². The lowest BCUT2D eigenvalue weighted by atomic mass is 9.62. The summed E-state index contributed by atoms with van der Waals surface area (Å²) < 4.78 is 0. The van der Waals surface area contributed by atoms with E-state index in [4.69, 9.17) is 0 Å². The van der Waals surface area contributed by atoms with Crippen LogP contribution in [0.15, 0.2) is 23.0 Å². The molecular weight excluding hydrogens is 244 g/mol. The first-order valence-corrected chi connectivity index (χ1v) is 6.33. The van der Waals surface area contributed by atoms with Gasteiger partial charge in [-0.1, -0.05) is 20.8 Å². The highest BCUT2D eigenvalue weighted by atomic mass is 16.3. The SMILES string of the molecule is CC1=CC(=O)C([C@@]2(C)CC(=O)CC2(C)C)=C(O)C1=O. The molecule has 0 unspecified atom stereocenters. The lowest BCUT2D eigenvalue weighted by molar-refractivity contribution is -0.119. The molecule has 0 aromatic heterocycles. The van der Waals surface area contributed by atoms with E-state index in [1.54, 1.807) is 6.92 Å². The van der Waals surface area contributed by atoms with Crippen molar-refractivity contribution in [2.45, 2.75) is 40.5 Å². The highest BCUT2D eigenvalue weighted by molar-refractivity contribution is 6.22. The second-order valence-electron chi connectivity index (χ2n) is 6.35. The van der Waals surface area contributed by atoms with Crippen LogP contribution in [0.4, 0.5) is 0 Å². The summed E-state index contributed by atoms with van der Waals surface area (Å²) >= 11 is 0. The number of allylic oxidation sites excluding steroid dienone is 3. The fraction of sp³-hybridized carbons (Fsp3) is 0.533. The Labute approximate surface area is 112 Å². The van der Waals surface area contributed by atoms with Crippen LogP contribution in [0.1, 0.15) is 40.5 Å². The van der Waals surface area contributed by atoms with E-state index in [9.17, 15) is 19.5 Å². The molecule has 0 spiro atoms. The molecule has 0 heterocycles. The van der Waals surface area contributed by atoms with Crippen molar-refractivity contribution in [2.24, 2.45) is 10.8 Å². The van der Waals surface area contributed by atoms with E-state index in [0.29, 0.717) is 6.42 Å². The van der Waals surface area contributed by atoms with Crippen molar-refractivity contribution in [3.8, 4) is 0 Å². The van der Waals surface area contributed by atoms with Crippen LogP contribution in [0.5, 0.6) is 0 Å². The Morgan fingerprint density at radius 2 is 1.68 bits per heavy atom. The third kappa shape index (κ3) is 1.78. The summed E-state index contributed by atoms with van der Waals surface area (Å²) in [5, 5.41) is 10.1. The lowest BCUT2D eigenvalue weighted by Crippen LogP contribution is -2.37. The summed E-state index contributed by atoms with van der Waals surface area (Å²) in [5.41, 5.74) is -0.920. The predicted octanol–water partition coefficient (Wildman–Crippen LogP) is 2.29. The zero-order valence-corrected chi connectivity index (χ0v) is 11.7. The van der Waals surface area contributed by atoms with Crippen molar-refractivity contribution < 1.29 is 19.5 Å². The molecule has 0 bridgehead atoms. The molecule has 1 atom stereocenters. The van der Waals surface area contributed by atoms with Crippen LogP contribution >= 0.6 is 0 Å². The molecule has 2 aliphatic rings. The van der Waals surface area contributed by atoms with Gasteiger partial charge in [0.15, 0.2) is 11.5 Å². The van der Waals surface area contributed by atoms with Gasteiger partial charge in [0.1, 0.15) is 5.78 Å². The minimum absolute atomic E-state index is 0.0549. The number of Topliss-reactive ketones (excluding diaryl/α,β-unsaturated/α-hetero) is 2. The summed E-state index contributed by atoms with van der Waals surface area (Å²) in [6.07, 6.45) is 1.79. The Kier molecular flexibility index (Phi) is 2.81. The normalized spacial score (nSPS) is 30.9. The molecule has 1 fully saturated rings. The molecule has 4 nitrogen and oxygen atoms in total. The van der Waals surface area contributed by atoms with Gasteiger partial charge in [0.25, 0.3) is 0 Å². The van der Waals surface area contributed by atoms with E-state index in [2.05, 4.69) is 0 Å². The fourth-order valence-corrected chi connectivity index (χ4v) is 3.10. The first kappa shape index (κ1) is 13.7. The first-order chi connectivity index (χ1) is 8.60. The van der Waals surface area contributed by atoms with Crippen molar-refractivity contribution in [1.29, 1.82) is 0 Å². The standard InChI is InChI=1S/C15H18O4/c1-8-5-10(17)11(13(19)12(8)18)15(4)7-9(16)6-14(15,2)3/h5,19H,6-7H2,1-4H3/t15-/m1/s1. The highest BCUT2D eigenvalue weighted by Crippen LogP contribution is 2.56. The zero-order valence-electron chi connectivity index (χ0n) is 11.7. The van der Waals surface area contributed by atoms with Crippen LogP contribution < -0.4 is 0 Å². The van der Waals surface area contributed by atoms with Crippen LogP contribution in [0.3, 0.4) is 0 Å². The van der Waals surface area contributed by atoms with Gasteiger partial charge in [-0.15, -0.1) is 0 Å². The second-order valence-corrected chi connectivity index (χ2v) is 6.35. The average molecular weight is 262 g/mol. The molecule has 0 aliphatic heterocycles. The Morgan fingerprint density at radius 3 is 2.16 bits per heavy atom. The molecule has 19 heavy (non-hydrogen) atoms. The minimum Gasteiger partial charge on any atom is -0.504 e. The number of carbonyl (C=O) groups is 3. The second kappa shape index (κ2) is 3.89. The summed E-state index contributed by atoms with van der Waals surface area (Å²) in [6.45, 7) is 7.06. The molecule has 0 aromatic rings. The van der Waals surface area contributed by atoms with Gasteiger partial charge in [-0.05, 0) is 18.4 Å². The minimum atomic E-state index is -0.794. The molecule has 0 amide bonds. The number of ketones is 3. The quantitative estimate of drug-likeness (QED) is 0.736. The topological polar surface area (TPSA) is 71.4 Å². The Bertz CT molecular complexity index is 563. The maximum atomic E-state index is 12.2. The van der Waals surface area contributed by atoms with Crippen molar-refractivity contribution >= 4 is 17.3 Å². The highest BCUT2D eigenvalue weighted by Gasteiger charge is 2.55. The number of hydrogen-bond donors (Lipinski definition) is 1. The molecule has 0 aromatic carbocycles. The third-order valence-electron chi connectivity index (χ3n) is 4.64. The summed E-state index contributed by atoms with van der Waals surface area (Å²) in [6, 6.07) is 0. The summed E-state index contributed by atoms with van der Waals surface area (Å²) in [7, 11) is 0. The average Bonchev–Trinajstić information content (AvgIpc) is 2.44. The molecular formula is C15H18O4. The smallest absolute Gasteiger partial charge is 0.223 e. The van der Waals surface area contributed by atoms with Crippen LogP contribution in [0.25, 0.3) is 0 Å². The van der Waals surface area contributed by atoms with Gasteiger partial charge < -0.3 is 5.11 Å². The maximum absolute atomic E-state index is 12.2. The molecule has 102 valence electrons. The molecule has 2 aliphatic carbocycles.